The third-order valence-electron chi connectivity index (χ3n) is 6.53. The van der Waals surface area contributed by atoms with Crippen LogP contribution in [0.5, 0.6) is 11.5 Å². The number of carbonyl (C=O) groups excluding carboxylic acids is 2. The molecule has 0 atom stereocenters. The van der Waals surface area contributed by atoms with E-state index < -0.39 is 0 Å². The van der Waals surface area contributed by atoms with Gasteiger partial charge in [-0.15, -0.1) is 0 Å². The van der Waals surface area contributed by atoms with Crippen LogP contribution in [0.25, 0.3) is 5.69 Å². The van der Waals surface area contributed by atoms with E-state index in [4.69, 9.17) is 9.84 Å². The first-order valence-electron chi connectivity index (χ1n) is 12.7. The van der Waals surface area contributed by atoms with Crippen LogP contribution in [-0.2, 0) is 0 Å². The predicted molar refractivity (Wildman–Crippen MR) is 146 cm³/mol. The molecular weight excluding hydrogens is 480 g/mol. The average molecular weight is 511 g/mol. The number of anilines is 2. The molecule has 1 fully saturated rings. The van der Waals surface area contributed by atoms with E-state index in [0.29, 0.717) is 28.9 Å². The van der Waals surface area contributed by atoms with Crippen molar-refractivity contribution in [1.82, 2.24) is 20.1 Å². The number of carbonyl (C=O) groups is 2. The molecule has 3 amide bonds. The van der Waals surface area contributed by atoms with Crippen molar-refractivity contribution in [3.8, 4) is 17.2 Å². The Kier molecular flexibility index (Phi) is 7.35. The second-order valence-corrected chi connectivity index (χ2v) is 9.35. The number of hydrogen-bond donors (Lipinski definition) is 3. The highest BCUT2D eigenvalue weighted by molar-refractivity contribution is 5.99. The van der Waals surface area contributed by atoms with Crippen LogP contribution in [0.15, 0.2) is 72.9 Å². The Morgan fingerprint density at radius 1 is 0.947 bits per heavy atom. The number of aromatic nitrogens is 3. The number of urea groups is 1. The summed E-state index contributed by atoms with van der Waals surface area (Å²) in [4.78, 5) is 28.8. The molecule has 3 N–H and O–H groups in total. The summed E-state index contributed by atoms with van der Waals surface area (Å²) in [6.45, 7) is 2.04. The summed E-state index contributed by atoms with van der Waals surface area (Å²) >= 11 is 0. The van der Waals surface area contributed by atoms with Crippen molar-refractivity contribution < 1.29 is 14.3 Å². The fourth-order valence-corrected chi connectivity index (χ4v) is 4.61. The molecular formula is C29H30N6O3. The zero-order chi connectivity index (χ0) is 26.5. The van der Waals surface area contributed by atoms with Gasteiger partial charge in [0, 0.05) is 37.0 Å². The van der Waals surface area contributed by atoms with E-state index in [2.05, 4.69) is 20.9 Å². The van der Waals surface area contributed by atoms with Gasteiger partial charge in [-0.2, -0.15) is 5.10 Å². The zero-order valence-corrected chi connectivity index (χ0v) is 21.4. The molecule has 9 nitrogen and oxygen atoms in total. The van der Waals surface area contributed by atoms with Gasteiger partial charge < -0.3 is 15.4 Å². The van der Waals surface area contributed by atoms with Crippen LogP contribution < -0.4 is 20.7 Å². The van der Waals surface area contributed by atoms with E-state index in [-0.39, 0.29) is 17.6 Å². The van der Waals surface area contributed by atoms with E-state index >= 15 is 0 Å². The lowest BCUT2D eigenvalue weighted by atomic mass is 10.0. The van der Waals surface area contributed by atoms with Gasteiger partial charge >= 0.3 is 6.03 Å². The lowest BCUT2D eigenvalue weighted by molar-refractivity contribution is 0.0958. The molecule has 9 heteroatoms. The third kappa shape index (κ3) is 5.83. The number of aryl methyl sites for hydroxylation is 1. The van der Waals surface area contributed by atoms with Gasteiger partial charge in [0.25, 0.3) is 5.91 Å². The molecule has 0 bridgehead atoms. The predicted octanol–water partition coefficient (Wildman–Crippen LogP) is 6.03. The molecule has 1 aliphatic carbocycles. The Labute approximate surface area is 221 Å². The van der Waals surface area contributed by atoms with Crippen molar-refractivity contribution >= 4 is 23.4 Å². The highest BCUT2D eigenvalue weighted by atomic mass is 16.5. The van der Waals surface area contributed by atoms with Crippen LogP contribution >= 0.6 is 0 Å². The maximum absolute atomic E-state index is 12.9. The molecule has 38 heavy (non-hydrogen) atoms. The highest BCUT2D eigenvalue weighted by Crippen LogP contribution is 2.35. The SMILES string of the molecule is CNC(=O)c1cc(Oc2ccc(NC(=O)Nc3cc(C4CCCC4)nn3-c3cccc(C)c3)cc2)ccn1. The number of benzene rings is 2. The molecule has 1 aliphatic rings. The number of rotatable bonds is 7. The van der Waals surface area contributed by atoms with Gasteiger partial charge in [0.15, 0.2) is 0 Å². The maximum Gasteiger partial charge on any atom is 0.324 e. The molecule has 194 valence electrons. The highest BCUT2D eigenvalue weighted by Gasteiger charge is 2.22. The van der Waals surface area contributed by atoms with Crippen LogP contribution in [0.1, 0.15) is 53.3 Å². The standard InChI is InChI=1S/C29H30N6O3/c1-19-6-5-9-22(16-19)35-27(18-25(34-35)20-7-3-4-8-20)33-29(37)32-21-10-12-23(13-11-21)38-24-14-15-31-26(17-24)28(36)30-2/h5-6,9-18,20H,3-4,7-8H2,1-2H3,(H,30,36)(H2,32,33,37). The van der Waals surface area contributed by atoms with E-state index in [0.717, 1.165) is 29.8 Å². The molecule has 0 unspecified atom stereocenters. The van der Waals surface area contributed by atoms with Gasteiger partial charge in [-0.05, 0) is 67.8 Å². The molecule has 0 saturated heterocycles. The Morgan fingerprint density at radius 2 is 1.74 bits per heavy atom. The fourth-order valence-electron chi connectivity index (χ4n) is 4.61. The van der Waals surface area contributed by atoms with E-state index in [1.165, 1.54) is 19.0 Å². The first-order valence-corrected chi connectivity index (χ1v) is 12.7. The minimum absolute atomic E-state index is 0.265. The number of amides is 3. The number of ether oxygens (including phenoxy) is 1. The van der Waals surface area contributed by atoms with Crippen molar-refractivity contribution in [3.63, 3.8) is 0 Å². The average Bonchev–Trinajstić information content (AvgIpc) is 3.60. The van der Waals surface area contributed by atoms with Crippen LogP contribution in [0.3, 0.4) is 0 Å². The van der Waals surface area contributed by atoms with Gasteiger partial charge in [0.05, 0.1) is 11.4 Å². The monoisotopic (exact) mass is 510 g/mol. The van der Waals surface area contributed by atoms with Crippen molar-refractivity contribution in [2.75, 3.05) is 17.7 Å². The van der Waals surface area contributed by atoms with Crippen molar-refractivity contribution in [2.45, 2.75) is 38.5 Å². The number of nitrogens with zero attached hydrogens (tertiary/aromatic N) is 3. The molecule has 0 radical (unpaired) electrons. The Hall–Kier alpha value is -4.66. The third-order valence-corrected chi connectivity index (χ3v) is 6.53. The minimum Gasteiger partial charge on any atom is -0.457 e. The number of nitrogens with one attached hydrogen (secondary N) is 3. The Morgan fingerprint density at radius 3 is 2.47 bits per heavy atom. The van der Waals surface area contributed by atoms with Gasteiger partial charge in [-0.1, -0.05) is 25.0 Å². The largest absolute Gasteiger partial charge is 0.457 e. The normalized spacial score (nSPS) is 13.2. The number of hydrogen-bond acceptors (Lipinski definition) is 5. The molecule has 0 aliphatic heterocycles. The summed E-state index contributed by atoms with van der Waals surface area (Å²) in [5, 5.41) is 13.2. The van der Waals surface area contributed by atoms with Gasteiger partial charge in [0.2, 0.25) is 0 Å². The molecule has 0 spiro atoms. The summed E-state index contributed by atoms with van der Waals surface area (Å²) in [7, 11) is 1.55. The smallest absolute Gasteiger partial charge is 0.324 e. The first-order chi connectivity index (χ1) is 18.5. The van der Waals surface area contributed by atoms with Gasteiger partial charge in [0.1, 0.15) is 23.0 Å². The lowest BCUT2D eigenvalue weighted by Gasteiger charge is -2.11. The second-order valence-electron chi connectivity index (χ2n) is 9.35. The summed E-state index contributed by atoms with van der Waals surface area (Å²) in [6, 6.07) is 19.9. The van der Waals surface area contributed by atoms with Gasteiger partial charge in [-0.25, -0.2) is 9.48 Å². The quantitative estimate of drug-likeness (QED) is 0.281. The van der Waals surface area contributed by atoms with Gasteiger partial charge in [-0.3, -0.25) is 15.1 Å². The molecule has 2 aromatic carbocycles. The van der Waals surface area contributed by atoms with E-state index in [9.17, 15) is 9.59 Å². The summed E-state index contributed by atoms with van der Waals surface area (Å²) in [5.41, 5.74) is 3.90. The summed E-state index contributed by atoms with van der Waals surface area (Å²) in [6.07, 6.45) is 6.18. The Bertz CT molecular complexity index is 1440. The summed E-state index contributed by atoms with van der Waals surface area (Å²) in [5.74, 6) is 1.80. The van der Waals surface area contributed by atoms with Crippen molar-refractivity contribution in [2.24, 2.45) is 0 Å². The van der Waals surface area contributed by atoms with Crippen molar-refractivity contribution in [3.05, 3.63) is 89.9 Å². The second kappa shape index (κ2) is 11.2. The minimum atomic E-state index is -0.366. The molecule has 4 aromatic rings. The topological polar surface area (TPSA) is 110 Å². The molecule has 1 saturated carbocycles. The lowest BCUT2D eigenvalue weighted by Crippen LogP contribution is -2.21. The van der Waals surface area contributed by atoms with Crippen molar-refractivity contribution in [1.29, 1.82) is 0 Å². The molecule has 2 heterocycles. The summed E-state index contributed by atoms with van der Waals surface area (Å²) < 4.78 is 7.64. The maximum atomic E-state index is 12.9. The van der Waals surface area contributed by atoms with E-state index in [1.54, 1.807) is 48.1 Å². The van der Waals surface area contributed by atoms with Crippen LogP contribution in [0.2, 0.25) is 0 Å². The molecule has 5 rings (SSSR count). The molecule has 2 aromatic heterocycles. The van der Waals surface area contributed by atoms with Crippen LogP contribution in [0.4, 0.5) is 16.3 Å². The fraction of sp³-hybridized carbons (Fsp3) is 0.241. The number of pyridine rings is 1. The first kappa shape index (κ1) is 25.0. The van der Waals surface area contributed by atoms with Crippen LogP contribution in [0, 0.1) is 6.92 Å². The van der Waals surface area contributed by atoms with Crippen LogP contribution in [-0.4, -0.2) is 33.8 Å². The zero-order valence-electron chi connectivity index (χ0n) is 21.4. The van der Waals surface area contributed by atoms with E-state index in [1.807, 2.05) is 37.3 Å². The Balaban J connectivity index is 1.27.